The van der Waals surface area contributed by atoms with Gasteiger partial charge in [-0.25, -0.2) is 4.79 Å². The molecule has 1 fully saturated rings. The molecule has 1 amide bonds. The third-order valence-electron chi connectivity index (χ3n) is 3.45. The molecule has 1 saturated carbocycles. The summed E-state index contributed by atoms with van der Waals surface area (Å²) in [5.41, 5.74) is 1.32. The van der Waals surface area contributed by atoms with Crippen molar-refractivity contribution in [3.8, 4) is 0 Å². The van der Waals surface area contributed by atoms with Crippen LogP contribution in [-0.2, 0) is 6.54 Å². The third-order valence-corrected chi connectivity index (χ3v) is 3.45. The molecular weight excluding hydrogens is 270 g/mol. The van der Waals surface area contributed by atoms with E-state index in [0.717, 1.165) is 12.8 Å². The van der Waals surface area contributed by atoms with Crippen molar-refractivity contribution in [3.63, 3.8) is 0 Å². The van der Waals surface area contributed by atoms with Crippen molar-refractivity contribution >= 4 is 11.9 Å². The van der Waals surface area contributed by atoms with Gasteiger partial charge in [0.25, 0.3) is 5.91 Å². The Morgan fingerprint density at radius 1 is 1.38 bits per heavy atom. The van der Waals surface area contributed by atoms with Gasteiger partial charge in [0.1, 0.15) is 5.69 Å². The van der Waals surface area contributed by atoms with Crippen molar-refractivity contribution in [2.75, 3.05) is 0 Å². The molecule has 0 spiro atoms. The van der Waals surface area contributed by atoms with Gasteiger partial charge in [0, 0.05) is 18.4 Å². The first-order valence-electron chi connectivity index (χ1n) is 6.78. The second-order valence-electron chi connectivity index (χ2n) is 5.06. The molecule has 3 rings (SSSR count). The van der Waals surface area contributed by atoms with Crippen LogP contribution in [0.25, 0.3) is 0 Å². The number of carbonyl (C=O) groups is 2. The molecule has 0 aromatic carbocycles. The lowest BCUT2D eigenvalue weighted by Gasteiger charge is -2.08. The Labute approximate surface area is 121 Å². The number of carboxylic acid groups (broad SMARTS) is 1. The van der Waals surface area contributed by atoms with Crippen LogP contribution < -0.4 is 5.32 Å². The van der Waals surface area contributed by atoms with E-state index in [2.05, 4.69) is 10.3 Å². The highest BCUT2D eigenvalue weighted by molar-refractivity contribution is 5.92. The predicted octanol–water partition coefficient (Wildman–Crippen LogP) is 1.85. The van der Waals surface area contributed by atoms with Gasteiger partial charge in [-0.1, -0.05) is 0 Å². The quantitative estimate of drug-likeness (QED) is 0.878. The number of carbonyl (C=O) groups excluding carboxylic acids is 1. The van der Waals surface area contributed by atoms with Gasteiger partial charge in [-0.3, -0.25) is 9.78 Å². The molecule has 0 saturated heterocycles. The molecule has 1 aliphatic rings. The molecule has 2 heterocycles. The largest absolute Gasteiger partial charge is 0.478 e. The Morgan fingerprint density at radius 3 is 2.90 bits per heavy atom. The van der Waals surface area contributed by atoms with E-state index in [1.165, 1.54) is 18.3 Å². The van der Waals surface area contributed by atoms with E-state index in [4.69, 9.17) is 5.11 Å². The van der Waals surface area contributed by atoms with Crippen molar-refractivity contribution in [2.45, 2.75) is 25.4 Å². The summed E-state index contributed by atoms with van der Waals surface area (Å²) in [6, 6.07) is 6.97. The zero-order valence-corrected chi connectivity index (χ0v) is 11.3. The van der Waals surface area contributed by atoms with E-state index < -0.39 is 5.97 Å². The normalized spacial score (nSPS) is 13.9. The van der Waals surface area contributed by atoms with Crippen LogP contribution in [0.5, 0.6) is 0 Å². The van der Waals surface area contributed by atoms with Crippen LogP contribution in [0, 0.1) is 0 Å². The van der Waals surface area contributed by atoms with Crippen LogP contribution in [0.1, 0.15) is 45.4 Å². The SMILES string of the molecule is O=C(O)c1ccnc(CNC(=O)c2cccn2C2CC2)c1. The van der Waals surface area contributed by atoms with Crippen molar-refractivity contribution in [1.82, 2.24) is 14.9 Å². The number of hydrogen-bond acceptors (Lipinski definition) is 3. The Balaban J connectivity index is 1.67. The molecule has 6 nitrogen and oxygen atoms in total. The van der Waals surface area contributed by atoms with Gasteiger partial charge in [-0.15, -0.1) is 0 Å². The van der Waals surface area contributed by atoms with E-state index in [0.29, 0.717) is 17.4 Å². The van der Waals surface area contributed by atoms with Crippen LogP contribution in [0.4, 0.5) is 0 Å². The lowest BCUT2D eigenvalue weighted by Crippen LogP contribution is -2.25. The summed E-state index contributed by atoms with van der Waals surface area (Å²) in [6.45, 7) is 0.204. The predicted molar refractivity (Wildman–Crippen MR) is 75.1 cm³/mol. The average molecular weight is 285 g/mol. The summed E-state index contributed by atoms with van der Waals surface area (Å²) in [6.07, 6.45) is 5.56. The van der Waals surface area contributed by atoms with E-state index in [1.807, 2.05) is 16.8 Å². The third kappa shape index (κ3) is 2.94. The van der Waals surface area contributed by atoms with Crippen LogP contribution in [-0.4, -0.2) is 26.5 Å². The fourth-order valence-corrected chi connectivity index (χ4v) is 2.23. The molecule has 2 aromatic rings. The number of hydrogen-bond donors (Lipinski definition) is 2. The highest BCUT2D eigenvalue weighted by Crippen LogP contribution is 2.35. The molecule has 0 radical (unpaired) electrons. The number of amides is 1. The van der Waals surface area contributed by atoms with E-state index in [-0.39, 0.29) is 18.0 Å². The van der Waals surface area contributed by atoms with Crippen molar-refractivity contribution in [3.05, 3.63) is 53.6 Å². The summed E-state index contributed by atoms with van der Waals surface area (Å²) in [4.78, 5) is 27.1. The smallest absolute Gasteiger partial charge is 0.335 e. The minimum Gasteiger partial charge on any atom is -0.478 e. The Kier molecular flexibility index (Phi) is 3.43. The number of rotatable bonds is 5. The fraction of sp³-hybridized carbons (Fsp3) is 0.267. The molecule has 1 aliphatic carbocycles. The zero-order valence-electron chi connectivity index (χ0n) is 11.3. The van der Waals surface area contributed by atoms with Gasteiger partial charge in [0.2, 0.25) is 0 Å². The van der Waals surface area contributed by atoms with Crippen molar-refractivity contribution in [2.24, 2.45) is 0 Å². The topological polar surface area (TPSA) is 84.2 Å². The zero-order chi connectivity index (χ0) is 14.8. The van der Waals surface area contributed by atoms with Gasteiger partial charge < -0.3 is 15.0 Å². The number of aromatic carboxylic acids is 1. The molecule has 0 aliphatic heterocycles. The highest BCUT2D eigenvalue weighted by atomic mass is 16.4. The molecule has 6 heteroatoms. The Hall–Kier alpha value is -2.63. The molecule has 108 valence electrons. The second-order valence-corrected chi connectivity index (χ2v) is 5.06. The monoisotopic (exact) mass is 285 g/mol. The maximum Gasteiger partial charge on any atom is 0.335 e. The number of carboxylic acids is 1. The van der Waals surface area contributed by atoms with Crippen LogP contribution >= 0.6 is 0 Å². The maximum absolute atomic E-state index is 12.2. The lowest BCUT2D eigenvalue weighted by atomic mass is 10.2. The van der Waals surface area contributed by atoms with Gasteiger partial charge in [-0.2, -0.15) is 0 Å². The van der Waals surface area contributed by atoms with Gasteiger partial charge in [0.05, 0.1) is 17.8 Å². The molecule has 21 heavy (non-hydrogen) atoms. The Bertz CT molecular complexity index is 689. The Morgan fingerprint density at radius 2 is 2.19 bits per heavy atom. The summed E-state index contributed by atoms with van der Waals surface area (Å²) in [7, 11) is 0. The van der Waals surface area contributed by atoms with Gasteiger partial charge >= 0.3 is 5.97 Å². The van der Waals surface area contributed by atoms with Gasteiger partial charge in [-0.05, 0) is 37.1 Å². The van der Waals surface area contributed by atoms with Crippen molar-refractivity contribution < 1.29 is 14.7 Å². The first-order chi connectivity index (χ1) is 10.1. The van der Waals surface area contributed by atoms with E-state index in [9.17, 15) is 9.59 Å². The summed E-state index contributed by atoms with van der Waals surface area (Å²) in [5.74, 6) is -1.18. The highest BCUT2D eigenvalue weighted by Gasteiger charge is 2.26. The van der Waals surface area contributed by atoms with Crippen LogP contribution in [0.15, 0.2) is 36.7 Å². The minimum atomic E-state index is -1.01. The number of nitrogens with zero attached hydrogens (tertiary/aromatic N) is 2. The number of aromatic nitrogens is 2. The summed E-state index contributed by atoms with van der Waals surface area (Å²) in [5, 5.41) is 11.7. The standard InChI is InChI=1S/C15H15N3O3/c19-14(13-2-1-7-18(13)12-3-4-12)17-9-11-8-10(15(20)21)5-6-16-11/h1-2,5-8,12H,3-4,9H2,(H,17,19)(H,20,21). The van der Waals surface area contributed by atoms with Gasteiger partial charge in [0.15, 0.2) is 0 Å². The fourth-order valence-electron chi connectivity index (χ4n) is 2.23. The average Bonchev–Trinajstić information content (AvgIpc) is 3.22. The second kappa shape index (κ2) is 5.40. The first-order valence-corrected chi connectivity index (χ1v) is 6.78. The molecule has 2 aromatic heterocycles. The summed E-state index contributed by atoms with van der Waals surface area (Å²) >= 11 is 0. The van der Waals surface area contributed by atoms with Crippen LogP contribution in [0.2, 0.25) is 0 Å². The van der Waals surface area contributed by atoms with Crippen molar-refractivity contribution in [1.29, 1.82) is 0 Å². The van der Waals surface area contributed by atoms with Crippen LogP contribution in [0.3, 0.4) is 0 Å². The first kappa shape index (κ1) is 13.4. The summed E-state index contributed by atoms with van der Waals surface area (Å²) < 4.78 is 1.98. The molecular formula is C15H15N3O3. The van der Waals surface area contributed by atoms with E-state index >= 15 is 0 Å². The molecule has 0 unspecified atom stereocenters. The molecule has 0 bridgehead atoms. The molecule has 0 atom stereocenters. The maximum atomic E-state index is 12.2. The number of nitrogens with one attached hydrogen (secondary N) is 1. The number of pyridine rings is 1. The lowest BCUT2D eigenvalue weighted by molar-refractivity contribution is 0.0696. The minimum absolute atomic E-state index is 0.163. The van der Waals surface area contributed by atoms with E-state index in [1.54, 1.807) is 6.07 Å². The molecule has 2 N–H and O–H groups in total.